The van der Waals surface area contributed by atoms with E-state index in [9.17, 15) is 0 Å². The molecule has 0 bridgehead atoms. The van der Waals surface area contributed by atoms with Gasteiger partial charge in [-0.25, -0.2) is 9.97 Å². The van der Waals surface area contributed by atoms with E-state index < -0.39 is 0 Å². The van der Waals surface area contributed by atoms with E-state index in [4.69, 9.17) is 0 Å². The Hall–Kier alpha value is -1.16. The average molecular weight is 260 g/mol. The van der Waals surface area contributed by atoms with Gasteiger partial charge in [0.2, 0.25) is 5.95 Å². The van der Waals surface area contributed by atoms with Gasteiger partial charge in [0.1, 0.15) is 0 Å². The standard InChI is InChI=1S/C15H24N4/c1-16-9-12-10-17-15(18-11-12)19-8-4-6-13-5-2-3-7-14(13)19/h10-11,13-14,16H,2-9H2,1H3. The maximum absolute atomic E-state index is 4.59. The van der Waals surface area contributed by atoms with Crippen LogP contribution in [0.4, 0.5) is 5.95 Å². The first-order valence-corrected chi connectivity index (χ1v) is 7.60. The fourth-order valence-corrected chi connectivity index (χ4v) is 3.66. The van der Waals surface area contributed by atoms with Gasteiger partial charge in [-0.15, -0.1) is 0 Å². The second kappa shape index (κ2) is 5.87. The number of hydrogen-bond acceptors (Lipinski definition) is 4. The summed E-state index contributed by atoms with van der Waals surface area (Å²) in [7, 11) is 1.95. The highest BCUT2D eigenvalue weighted by molar-refractivity contribution is 5.33. The Balaban J connectivity index is 1.75. The van der Waals surface area contributed by atoms with Crippen molar-refractivity contribution in [2.45, 2.75) is 51.1 Å². The summed E-state index contributed by atoms with van der Waals surface area (Å²) in [4.78, 5) is 11.6. The van der Waals surface area contributed by atoms with Gasteiger partial charge in [0.05, 0.1) is 0 Å². The smallest absolute Gasteiger partial charge is 0.225 e. The summed E-state index contributed by atoms with van der Waals surface area (Å²) in [6.07, 6.45) is 12.1. The molecule has 1 N–H and O–H groups in total. The molecular formula is C15H24N4. The number of aromatic nitrogens is 2. The number of rotatable bonds is 3. The van der Waals surface area contributed by atoms with Gasteiger partial charge in [0.15, 0.2) is 0 Å². The van der Waals surface area contributed by atoms with Crippen LogP contribution in [0.15, 0.2) is 12.4 Å². The molecule has 2 heterocycles. The Kier molecular flexibility index (Phi) is 3.97. The Bertz CT molecular complexity index is 401. The van der Waals surface area contributed by atoms with E-state index in [0.717, 1.165) is 30.5 Å². The minimum Gasteiger partial charge on any atom is -0.338 e. The zero-order valence-electron chi connectivity index (χ0n) is 11.8. The van der Waals surface area contributed by atoms with Crippen molar-refractivity contribution in [2.24, 2.45) is 5.92 Å². The number of hydrogen-bond donors (Lipinski definition) is 1. The molecule has 3 rings (SSSR count). The summed E-state index contributed by atoms with van der Waals surface area (Å²) in [6, 6.07) is 0.692. The predicted octanol–water partition coefficient (Wildman–Crippen LogP) is 2.36. The molecule has 1 saturated carbocycles. The lowest BCUT2D eigenvalue weighted by Crippen LogP contribution is -2.47. The molecule has 4 nitrogen and oxygen atoms in total. The zero-order valence-corrected chi connectivity index (χ0v) is 11.8. The molecule has 1 saturated heterocycles. The number of piperidine rings is 1. The van der Waals surface area contributed by atoms with Gasteiger partial charge in [-0.1, -0.05) is 12.8 Å². The van der Waals surface area contributed by atoms with Gasteiger partial charge >= 0.3 is 0 Å². The fraction of sp³-hybridized carbons (Fsp3) is 0.733. The van der Waals surface area contributed by atoms with E-state index in [1.54, 1.807) is 0 Å². The molecule has 0 spiro atoms. The zero-order chi connectivity index (χ0) is 13.1. The molecule has 1 aliphatic carbocycles. The van der Waals surface area contributed by atoms with Gasteiger partial charge in [-0.2, -0.15) is 0 Å². The molecule has 19 heavy (non-hydrogen) atoms. The van der Waals surface area contributed by atoms with Crippen LogP contribution in [0.25, 0.3) is 0 Å². The lowest BCUT2D eigenvalue weighted by molar-refractivity contribution is 0.241. The fourth-order valence-electron chi connectivity index (χ4n) is 3.66. The van der Waals surface area contributed by atoms with Crippen LogP contribution in [0.5, 0.6) is 0 Å². The molecular weight excluding hydrogens is 236 g/mol. The second-order valence-corrected chi connectivity index (χ2v) is 5.87. The summed E-state index contributed by atoms with van der Waals surface area (Å²) < 4.78 is 0. The van der Waals surface area contributed by atoms with Crippen LogP contribution in [0, 0.1) is 5.92 Å². The molecule has 0 amide bonds. The van der Waals surface area contributed by atoms with E-state index in [1.165, 1.54) is 38.5 Å². The summed E-state index contributed by atoms with van der Waals surface area (Å²) in [5, 5.41) is 3.13. The first-order chi connectivity index (χ1) is 9.38. The molecule has 1 aromatic rings. The second-order valence-electron chi connectivity index (χ2n) is 5.87. The van der Waals surface area contributed by atoms with Crippen molar-refractivity contribution in [1.29, 1.82) is 0 Å². The number of nitrogens with one attached hydrogen (secondary N) is 1. The van der Waals surface area contributed by atoms with E-state index in [-0.39, 0.29) is 0 Å². The Labute approximate surface area is 115 Å². The summed E-state index contributed by atoms with van der Waals surface area (Å²) in [5.74, 6) is 1.82. The Morgan fingerprint density at radius 1 is 1.16 bits per heavy atom. The van der Waals surface area contributed by atoms with Crippen molar-refractivity contribution in [3.8, 4) is 0 Å². The SMILES string of the molecule is CNCc1cnc(N2CCCC3CCCCC32)nc1. The highest BCUT2D eigenvalue weighted by atomic mass is 15.3. The molecule has 1 aliphatic heterocycles. The molecule has 1 aromatic heterocycles. The monoisotopic (exact) mass is 260 g/mol. The molecule has 4 heteroatoms. The third kappa shape index (κ3) is 2.73. The molecule has 2 unspecified atom stereocenters. The summed E-state index contributed by atoms with van der Waals surface area (Å²) >= 11 is 0. The maximum atomic E-state index is 4.59. The highest BCUT2D eigenvalue weighted by Crippen LogP contribution is 2.36. The van der Waals surface area contributed by atoms with Crippen molar-refractivity contribution in [1.82, 2.24) is 15.3 Å². The van der Waals surface area contributed by atoms with Crippen LogP contribution >= 0.6 is 0 Å². The van der Waals surface area contributed by atoms with Crippen molar-refractivity contribution in [2.75, 3.05) is 18.5 Å². The number of nitrogens with zero attached hydrogens (tertiary/aromatic N) is 3. The minimum absolute atomic E-state index is 0.692. The molecule has 2 aliphatic rings. The molecule has 2 fully saturated rings. The largest absolute Gasteiger partial charge is 0.338 e. The molecule has 0 aromatic carbocycles. The maximum Gasteiger partial charge on any atom is 0.225 e. The highest BCUT2D eigenvalue weighted by Gasteiger charge is 2.34. The van der Waals surface area contributed by atoms with Crippen LogP contribution in [0.2, 0.25) is 0 Å². The van der Waals surface area contributed by atoms with Crippen molar-refractivity contribution in [3.05, 3.63) is 18.0 Å². The predicted molar refractivity (Wildman–Crippen MR) is 77.1 cm³/mol. The topological polar surface area (TPSA) is 41.1 Å². The lowest BCUT2D eigenvalue weighted by atomic mass is 9.78. The van der Waals surface area contributed by atoms with Crippen LogP contribution in [0.3, 0.4) is 0 Å². The number of fused-ring (bicyclic) bond motifs is 1. The van der Waals surface area contributed by atoms with Gasteiger partial charge < -0.3 is 10.2 Å². The van der Waals surface area contributed by atoms with Crippen LogP contribution in [0.1, 0.15) is 44.1 Å². The Morgan fingerprint density at radius 2 is 1.89 bits per heavy atom. The minimum atomic E-state index is 0.692. The molecule has 0 radical (unpaired) electrons. The molecule has 2 atom stereocenters. The van der Waals surface area contributed by atoms with Gasteiger partial charge in [0.25, 0.3) is 0 Å². The molecule has 104 valence electrons. The van der Waals surface area contributed by atoms with Crippen molar-refractivity contribution >= 4 is 5.95 Å². The third-order valence-electron chi connectivity index (χ3n) is 4.57. The van der Waals surface area contributed by atoms with Crippen LogP contribution in [-0.4, -0.2) is 29.6 Å². The van der Waals surface area contributed by atoms with E-state index in [2.05, 4.69) is 20.2 Å². The lowest BCUT2D eigenvalue weighted by Gasteiger charge is -2.44. The van der Waals surface area contributed by atoms with Gasteiger partial charge in [-0.3, -0.25) is 0 Å². The van der Waals surface area contributed by atoms with Crippen LogP contribution in [-0.2, 0) is 6.54 Å². The van der Waals surface area contributed by atoms with Crippen molar-refractivity contribution < 1.29 is 0 Å². The van der Waals surface area contributed by atoms with Gasteiger partial charge in [0, 0.05) is 37.1 Å². The Morgan fingerprint density at radius 3 is 2.68 bits per heavy atom. The quantitative estimate of drug-likeness (QED) is 0.906. The van der Waals surface area contributed by atoms with Gasteiger partial charge in [-0.05, 0) is 38.6 Å². The normalized spacial score (nSPS) is 27.1. The van der Waals surface area contributed by atoms with Crippen LogP contribution < -0.4 is 10.2 Å². The van der Waals surface area contributed by atoms with E-state index in [1.807, 2.05) is 19.4 Å². The first-order valence-electron chi connectivity index (χ1n) is 7.60. The van der Waals surface area contributed by atoms with Crippen molar-refractivity contribution in [3.63, 3.8) is 0 Å². The van der Waals surface area contributed by atoms with E-state index in [0.29, 0.717) is 6.04 Å². The number of anilines is 1. The summed E-state index contributed by atoms with van der Waals surface area (Å²) in [6.45, 7) is 1.97. The first kappa shape index (κ1) is 12.9. The average Bonchev–Trinajstić information content (AvgIpc) is 2.48. The summed E-state index contributed by atoms with van der Waals surface area (Å²) in [5.41, 5.74) is 1.16. The van der Waals surface area contributed by atoms with E-state index >= 15 is 0 Å². The third-order valence-corrected chi connectivity index (χ3v) is 4.57.